The van der Waals surface area contributed by atoms with Gasteiger partial charge in [-0.05, 0) is 42.8 Å². The van der Waals surface area contributed by atoms with Crippen LogP contribution in [-0.2, 0) is 4.74 Å². The number of methoxy groups -OCH3 is 1. The van der Waals surface area contributed by atoms with E-state index in [9.17, 15) is 9.59 Å². The Kier molecular flexibility index (Phi) is 4.23. The molecule has 3 N–H and O–H groups in total. The van der Waals surface area contributed by atoms with Crippen LogP contribution in [0, 0.1) is 6.92 Å². The van der Waals surface area contributed by atoms with Crippen molar-refractivity contribution < 1.29 is 14.3 Å². The lowest BCUT2D eigenvalue weighted by atomic mass is 10.1. The van der Waals surface area contributed by atoms with Gasteiger partial charge in [0.2, 0.25) is 0 Å². The number of nitrogen functional groups attached to an aromatic ring is 1. The second-order valence-electron chi connectivity index (χ2n) is 4.56. The molecule has 0 saturated heterocycles. The molecule has 21 heavy (non-hydrogen) atoms. The van der Waals surface area contributed by atoms with Gasteiger partial charge in [0.05, 0.1) is 18.2 Å². The van der Waals surface area contributed by atoms with E-state index in [1.54, 1.807) is 36.4 Å². The molecule has 0 unspecified atom stereocenters. The van der Waals surface area contributed by atoms with Gasteiger partial charge in [-0.3, -0.25) is 4.79 Å². The molecule has 2 aromatic carbocycles. The number of nitrogens with one attached hydrogen (secondary N) is 1. The summed E-state index contributed by atoms with van der Waals surface area (Å²) in [5, 5.41) is 2.74. The molecular weight excluding hydrogens is 268 g/mol. The van der Waals surface area contributed by atoms with Gasteiger partial charge in [0.15, 0.2) is 0 Å². The molecule has 0 aromatic heterocycles. The second-order valence-corrected chi connectivity index (χ2v) is 4.56. The normalized spacial score (nSPS) is 10.0. The number of esters is 1. The van der Waals surface area contributed by atoms with E-state index in [-0.39, 0.29) is 5.91 Å². The zero-order valence-corrected chi connectivity index (χ0v) is 11.8. The minimum atomic E-state index is -0.421. The van der Waals surface area contributed by atoms with E-state index < -0.39 is 5.97 Å². The number of ether oxygens (including phenoxy) is 1. The van der Waals surface area contributed by atoms with Crippen LogP contribution in [0.2, 0.25) is 0 Å². The van der Waals surface area contributed by atoms with Crippen LogP contribution in [0.25, 0.3) is 0 Å². The minimum Gasteiger partial charge on any atom is -0.465 e. The van der Waals surface area contributed by atoms with Crippen molar-refractivity contribution in [2.45, 2.75) is 6.92 Å². The van der Waals surface area contributed by atoms with E-state index in [2.05, 4.69) is 10.1 Å². The first-order valence-electron chi connectivity index (χ1n) is 6.37. The van der Waals surface area contributed by atoms with Crippen molar-refractivity contribution in [3.63, 3.8) is 0 Å². The van der Waals surface area contributed by atoms with Crippen LogP contribution >= 0.6 is 0 Å². The summed E-state index contributed by atoms with van der Waals surface area (Å²) in [6, 6.07) is 11.7. The summed E-state index contributed by atoms with van der Waals surface area (Å²) in [4.78, 5) is 23.5. The van der Waals surface area contributed by atoms with Gasteiger partial charge in [-0.2, -0.15) is 0 Å². The molecule has 1 amide bonds. The Bertz CT molecular complexity index is 678. The predicted octanol–water partition coefficient (Wildman–Crippen LogP) is 2.62. The molecule has 0 saturated carbocycles. The average Bonchev–Trinajstić information content (AvgIpc) is 2.50. The number of benzene rings is 2. The van der Waals surface area contributed by atoms with Gasteiger partial charge in [0.1, 0.15) is 0 Å². The summed E-state index contributed by atoms with van der Waals surface area (Å²) >= 11 is 0. The highest BCUT2D eigenvalue weighted by Crippen LogP contribution is 2.18. The summed E-state index contributed by atoms with van der Waals surface area (Å²) in [6.45, 7) is 1.84. The molecular formula is C16H16N2O3. The number of amides is 1. The molecule has 0 heterocycles. The van der Waals surface area contributed by atoms with Crippen molar-refractivity contribution in [2.24, 2.45) is 0 Å². The van der Waals surface area contributed by atoms with Crippen LogP contribution in [0.3, 0.4) is 0 Å². The maximum Gasteiger partial charge on any atom is 0.337 e. The largest absolute Gasteiger partial charge is 0.465 e. The molecule has 0 fully saturated rings. The number of rotatable bonds is 3. The first kappa shape index (κ1) is 14.6. The van der Waals surface area contributed by atoms with Crippen LogP contribution in [-0.4, -0.2) is 19.0 Å². The Morgan fingerprint density at radius 3 is 2.38 bits per heavy atom. The number of para-hydroxylation sites is 1. The summed E-state index contributed by atoms with van der Waals surface area (Å²) in [7, 11) is 1.32. The molecule has 0 radical (unpaired) electrons. The summed E-state index contributed by atoms with van der Waals surface area (Å²) in [5.74, 6) is -0.710. The van der Waals surface area contributed by atoms with Crippen LogP contribution in [0.15, 0.2) is 42.5 Å². The topological polar surface area (TPSA) is 81.4 Å². The van der Waals surface area contributed by atoms with Crippen LogP contribution < -0.4 is 11.1 Å². The monoisotopic (exact) mass is 284 g/mol. The number of carbonyl (C=O) groups excluding carboxylic acids is 2. The number of nitrogens with two attached hydrogens (primary N) is 1. The molecule has 0 aliphatic rings. The molecule has 0 atom stereocenters. The number of anilines is 2. The van der Waals surface area contributed by atoms with Gasteiger partial charge >= 0.3 is 5.97 Å². The van der Waals surface area contributed by atoms with Crippen molar-refractivity contribution in [3.05, 3.63) is 59.2 Å². The lowest BCUT2D eigenvalue weighted by Gasteiger charge is -2.09. The highest BCUT2D eigenvalue weighted by molar-refractivity contribution is 6.08. The van der Waals surface area contributed by atoms with Gasteiger partial charge < -0.3 is 15.8 Å². The first-order valence-corrected chi connectivity index (χ1v) is 6.37. The second kappa shape index (κ2) is 6.09. The fraction of sp³-hybridized carbons (Fsp3) is 0.125. The van der Waals surface area contributed by atoms with Crippen molar-refractivity contribution in [2.75, 3.05) is 18.2 Å². The molecule has 108 valence electrons. The Morgan fingerprint density at radius 2 is 1.76 bits per heavy atom. The van der Waals surface area contributed by atoms with E-state index in [1.165, 1.54) is 7.11 Å². The molecule has 2 aromatic rings. The predicted molar refractivity (Wildman–Crippen MR) is 81.3 cm³/mol. The maximum absolute atomic E-state index is 12.2. The van der Waals surface area contributed by atoms with Crippen LogP contribution in [0.5, 0.6) is 0 Å². The summed E-state index contributed by atoms with van der Waals surface area (Å²) in [5.41, 5.74) is 8.63. The molecule has 0 aliphatic heterocycles. The third kappa shape index (κ3) is 3.20. The average molecular weight is 284 g/mol. The van der Waals surface area contributed by atoms with Crippen molar-refractivity contribution in [1.82, 2.24) is 0 Å². The van der Waals surface area contributed by atoms with Gasteiger partial charge in [0, 0.05) is 11.4 Å². The Balaban J connectivity index is 2.16. The van der Waals surface area contributed by atoms with Gasteiger partial charge in [0.25, 0.3) is 5.91 Å². The fourth-order valence-corrected chi connectivity index (χ4v) is 1.88. The van der Waals surface area contributed by atoms with Crippen LogP contribution in [0.1, 0.15) is 26.3 Å². The van der Waals surface area contributed by atoms with Crippen molar-refractivity contribution in [3.8, 4) is 0 Å². The SMILES string of the molecule is COC(=O)c1ccc(NC(=O)c2cccc(C)c2N)cc1. The van der Waals surface area contributed by atoms with Crippen molar-refractivity contribution >= 4 is 23.3 Å². The maximum atomic E-state index is 12.2. The standard InChI is InChI=1S/C16H16N2O3/c1-10-4-3-5-13(14(10)17)15(19)18-12-8-6-11(7-9-12)16(20)21-2/h3-9H,17H2,1-2H3,(H,18,19). The third-order valence-corrected chi connectivity index (χ3v) is 3.13. The fourth-order valence-electron chi connectivity index (χ4n) is 1.88. The Hall–Kier alpha value is -2.82. The number of hydrogen-bond acceptors (Lipinski definition) is 4. The van der Waals surface area contributed by atoms with Gasteiger partial charge in [-0.25, -0.2) is 4.79 Å². The van der Waals surface area contributed by atoms with Crippen molar-refractivity contribution in [1.29, 1.82) is 0 Å². The van der Waals surface area contributed by atoms with Gasteiger partial charge in [-0.1, -0.05) is 12.1 Å². The quantitative estimate of drug-likeness (QED) is 0.670. The zero-order valence-electron chi connectivity index (χ0n) is 11.8. The molecule has 0 aliphatic carbocycles. The lowest BCUT2D eigenvalue weighted by molar-refractivity contribution is 0.0600. The molecule has 5 heteroatoms. The summed E-state index contributed by atoms with van der Waals surface area (Å²) < 4.78 is 4.61. The molecule has 0 spiro atoms. The number of carbonyl (C=O) groups is 2. The molecule has 2 rings (SSSR count). The molecule has 0 bridgehead atoms. The van der Waals surface area contributed by atoms with E-state index in [1.807, 2.05) is 13.0 Å². The first-order chi connectivity index (χ1) is 10.0. The van der Waals surface area contributed by atoms with E-state index in [0.29, 0.717) is 22.5 Å². The van der Waals surface area contributed by atoms with E-state index in [4.69, 9.17) is 5.73 Å². The highest BCUT2D eigenvalue weighted by atomic mass is 16.5. The number of aryl methyl sites for hydroxylation is 1. The molecule has 5 nitrogen and oxygen atoms in total. The Morgan fingerprint density at radius 1 is 1.10 bits per heavy atom. The minimum absolute atomic E-state index is 0.290. The lowest BCUT2D eigenvalue weighted by Crippen LogP contribution is -2.14. The summed E-state index contributed by atoms with van der Waals surface area (Å²) in [6.07, 6.45) is 0. The smallest absolute Gasteiger partial charge is 0.337 e. The highest BCUT2D eigenvalue weighted by Gasteiger charge is 2.11. The third-order valence-electron chi connectivity index (χ3n) is 3.13. The van der Waals surface area contributed by atoms with Crippen LogP contribution in [0.4, 0.5) is 11.4 Å². The number of hydrogen-bond donors (Lipinski definition) is 2. The van der Waals surface area contributed by atoms with E-state index >= 15 is 0 Å². The zero-order chi connectivity index (χ0) is 15.4. The van der Waals surface area contributed by atoms with E-state index in [0.717, 1.165) is 5.56 Å². The Labute approximate surface area is 122 Å². The van der Waals surface area contributed by atoms with Gasteiger partial charge in [-0.15, -0.1) is 0 Å².